The molecule has 0 spiro atoms. The van der Waals surface area contributed by atoms with E-state index in [9.17, 15) is 9.59 Å². The van der Waals surface area contributed by atoms with E-state index in [4.69, 9.17) is 4.52 Å². The van der Waals surface area contributed by atoms with Crippen LogP contribution in [0.15, 0.2) is 65.4 Å². The van der Waals surface area contributed by atoms with Gasteiger partial charge in [-0.15, -0.1) is 0 Å². The Labute approximate surface area is 193 Å². The second-order valence-electron chi connectivity index (χ2n) is 8.39. The van der Waals surface area contributed by atoms with E-state index in [1.807, 2.05) is 25.2 Å². The van der Waals surface area contributed by atoms with Crippen molar-refractivity contribution in [3.63, 3.8) is 0 Å². The molecule has 3 heterocycles. The van der Waals surface area contributed by atoms with Crippen molar-refractivity contribution >= 4 is 11.8 Å². The zero-order chi connectivity index (χ0) is 23.0. The summed E-state index contributed by atoms with van der Waals surface area (Å²) in [5, 5.41) is 6.99. The third-order valence-corrected chi connectivity index (χ3v) is 5.94. The minimum Gasteiger partial charge on any atom is -0.355 e. The number of likely N-dealkylation sites (tertiary alicyclic amines) is 1. The number of carbonyl (C=O) groups is 2. The van der Waals surface area contributed by atoms with Crippen molar-refractivity contribution in [1.82, 2.24) is 25.3 Å². The average Bonchev–Trinajstić information content (AvgIpc) is 3.35. The summed E-state index contributed by atoms with van der Waals surface area (Å²) in [6.45, 7) is 3.30. The van der Waals surface area contributed by atoms with Gasteiger partial charge in [0.15, 0.2) is 11.5 Å². The van der Waals surface area contributed by atoms with Crippen molar-refractivity contribution in [3.05, 3.63) is 72.2 Å². The molecule has 1 aliphatic heterocycles. The topological polar surface area (TPSA) is 91.6 Å². The Morgan fingerprint density at radius 1 is 1.12 bits per heavy atom. The van der Waals surface area contributed by atoms with E-state index >= 15 is 0 Å². The fraction of sp³-hybridized carbons (Fsp3) is 0.360. The summed E-state index contributed by atoms with van der Waals surface area (Å²) in [5.74, 6) is 0.363. The number of benzene rings is 1. The fourth-order valence-corrected chi connectivity index (χ4v) is 4.02. The van der Waals surface area contributed by atoms with E-state index in [0.717, 1.165) is 18.7 Å². The maximum Gasteiger partial charge on any atom is 0.276 e. The zero-order valence-electron chi connectivity index (χ0n) is 18.8. The fourth-order valence-electron chi connectivity index (χ4n) is 4.02. The minimum absolute atomic E-state index is 0.0663. The highest BCUT2D eigenvalue weighted by Crippen LogP contribution is 2.22. The molecule has 8 heteroatoms. The lowest BCUT2D eigenvalue weighted by molar-refractivity contribution is -0.126. The smallest absolute Gasteiger partial charge is 0.276 e. The molecule has 4 rings (SSSR count). The molecule has 0 bridgehead atoms. The molecule has 0 radical (unpaired) electrons. The van der Waals surface area contributed by atoms with E-state index in [1.165, 1.54) is 5.56 Å². The molecular formula is C25H29N5O3. The third-order valence-electron chi connectivity index (χ3n) is 5.94. The number of aromatic nitrogens is 2. The van der Waals surface area contributed by atoms with Crippen molar-refractivity contribution in [1.29, 1.82) is 0 Å². The van der Waals surface area contributed by atoms with Gasteiger partial charge in [0.1, 0.15) is 0 Å². The summed E-state index contributed by atoms with van der Waals surface area (Å²) in [6, 6.07) is 15.5. The SMILES string of the molecule is CN(CCNC(=O)C1CCN(C(=O)c2cc(-c3ccncc3)on2)CC1)Cc1ccccc1. The average molecular weight is 448 g/mol. The minimum atomic E-state index is -0.166. The van der Waals surface area contributed by atoms with E-state index in [2.05, 4.69) is 32.5 Å². The standard InChI is InChI=1S/C25H29N5O3/c1-29(18-19-5-3-2-4-6-19)16-13-27-24(31)21-9-14-30(15-10-21)25(32)22-17-23(33-28-22)20-7-11-26-12-8-20/h2-8,11-12,17,21H,9-10,13-16,18H2,1H3,(H,27,31). The lowest BCUT2D eigenvalue weighted by Crippen LogP contribution is -2.44. The lowest BCUT2D eigenvalue weighted by atomic mass is 9.95. The van der Waals surface area contributed by atoms with Gasteiger partial charge in [-0.3, -0.25) is 14.6 Å². The normalized spacial score (nSPS) is 14.4. The molecule has 0 saturated carbocycles. The Balaban J connectivity index is 1.19. The van der Waals surface area contributed by atoms with E-state index < -0.39 is 0 Å². The third kappa shape index (κ3) is 6.04. The predicted molar refractivity (Wildman–Crippen MR) is 124 cm³/mol. The van der Waals surface area contributed by atoms with Crippen molar-refractivity contribution in [3.8, 4) is 11.3 Å². The van der Waals surface area contributed by atoms with Crippen LogP contribution >= 0.6 is 0 Å². The van der Waals surface area contributed by atoms with Crippen LogP contribution in [0.25, 0.3) is 11.3 Å². The predicted octanol–water partition coefficient (Wildman–Crippen LogP) is 2.84. The Kier molecular flexibility index (Phi) is 7.47. The second-order valence-corrected chi connectivity index (χ2v) is 8.39. The van der Waals surface area contributed by atoms with Gasteiger partial charge in [-0.2, -0.15) is 0 Å². The first-order chi connectivity index (χ1) is 16.1. The van der Waals surface area contributed by atoms with E-state index in [-0.39, 0.29) is 23.4 Å². The van der Waals surface area contributed by atoms with E-state index in [0.29, 0.717) is 38.2 Å². The largest absolute Gasteiger partial charge is 0.355 e. The van der Waals surface area contributed by atoms with Crippen molar-refractivity contribution in [2.45, 2.75) is 19.4 Å². The van der Waals surface area contributed by atoms with Gasteiger partial charge in [0.25, 0.3) is 5.91 Å². The van der Waals surface area contributed by atoms with Gasteiger partial charge in [-0.25, -0.2) is 0 Å². The number of hydrogen-bond donors (Lipinski definition) is 1. The summed E-state index contributed by atoms with van der Waals surface area (Å²) in [6.07, 6.45) is 4.62. The number of pyridine rings is 1. The number of nitrogens with zero attached hydrogens (tertiary/aromatic N) is 4. The summed E-state index contributed by atoms with van der Waals surface area (Å²) in [5.41, 5.74) is 2.36. The van der Waals surface area contributed by atoms with Crippen LogP contribution in [0.3, 0.4) is 0 Å². The quantitative estimate of drug-likeness (QED) is 0.571. The molecule has 8 nitrogen and oxygen atoms in total. The second kappa shape index (κ2) is 10.9. The van der Waals surface area contributed by atoms with Crippen molar-refractivity contribution in [2.24, 2.45) is 5.92 Å². The van der Waals surface area contributed by atoms with Gasteiger partial charge >= 0.3 is 0 Å². The molecule has 3 aromatic rings. The van der Waals surface area contributed by atoms with Crippen molar-refractivity contribution < 1.29 is 14.1 Å². The number of carbonyl (C=O) groups excluding carboxylic acids is 2. The molecule has 1 aromatic carbocycles. The molecule has 1 N–H and O–H groups in total. The van der Waals surface area contributed by atoms with Crippen LogP contribution in [0.4, 0.5) is 0 Å². The van der Waals surface area contributed by atoms with Gasteiger partial charge in [0.05, 0.1) is 0 Å². The Hall–Kier alpha value is -3.52. The maximum atomic E-state index is 12.8. The van der Waals surface area contributed by atoms with Crippen LogP contribution in [0.1, 0.15) is 28.9 Å². The highest BCUT2D eigenvalue weighted by Gasteiger charge is 2.29. The van der Waals surface area contributed by atoms with Crippen LogP contribution in [0, 0.1) is 5.92 Å². The number of nitrogens with one attached hydrogen (secondary N) is 1. The number of likely N-dealkylation sites (N-methyl/N-ethyl adjacent to an activating group) is 1. The molecule has 0 unspecified atom stereocenters. The van der Waals surface area contributed by atoms with Crippen LogP contribution in [0.2, 0.25) is 0 Å². The van der Waals surface area contributed by atoms with Gasteiger partial charge in [-0.05, 0) is 37.6 Å². The Bertz CT molecular complexity index is 1050. The lowest BCUT2D eigenvalue weighted by Gasteiger charge is -2.31. The van der Waals surface area contributed by atoms with Gasteiger partial charge < -0.3 is 19.6 Å². The van der Waals surface area contributed by atoms with Gasteiger partial charge in [0.2, 0.25) is 5.91 Å². The van der Waals surface area contributed by atoms with E-state index in [1.54, 1.807) is 35.5 Å². The molecule has 0 aliphatic carbocycles. The monoisotopic (exact) mass is 447 g/mol. The molecule has 2 aromatic heterocycles. The molecule has 1 aliphatic rings. The molecular weight excluding hydrogens is 418 g/mol. The molecule has 2 amide bonds. The van der Waals surface area contributed by atoms with Crippen LogP contribution in [-0.4, -0.2) is 65.0 Å². The molecule has 1 saturated heterocycles. The molecule has 1 fully saturated rings. The summed E-state index contributed by atoms with van der Waals surface area (Å²) < 4.78 is 5.33. The van der Waals surface area contributed by atoms with Crippen molar-refractivity contribution in [2.75, 3.05) is 33.2 Å². The van der Waals surface area contributed by atoms with Crippen LogP contribution in [-0.2, 0) is 11.3 Å². The molecule has 33 heavy (non-hydrogen) atoms. The number of rotatable bonds is 8. The first-order valence-electron chi connectivity index (χ1n) is 11.3. The number of piperidine rings is 1. The van der Waals surface area contributed by atoms with Gasteiger partial charge in [0, 0.05) is 62.7 Å². The maximum absolute atomic E-state index is 12.8. The molecule has 0 atom stereocenters. The first kappa shape index (κ1) is 22.7. The van der Waals surface area contributed by atoms with Crippen LogP contribution in [0.5, 0.6) is 0 Å². The Morgan fingerprint density at radius 2 is 1.85 bits per heavy atom. The van der Waals surface area contributed by atoms with Gasteiger partial charge in [-0.1, -0.05) is 35.5 Å². The number of amides is 2. The summed E-state index contributed by atoms with van der Waals surface area (Å²) in [4.78, 5) is 33.3. The summed E-state index contributed by atoms with van der Waals surface area (Å²) in [7, 11) is 2.05. The van der Waals surface area contributed by atoms with Crippen LogP contribution < -0.4 is 5.32 Å². The number of hydrogen-bond acceptors (Lipinski definition) is 6. The zero-order valence-corrected chi connectivity index (χ0v) is 18.8. The highest BCUT2D eigenvalue weighted by atomic mass is 16.5. The Morgan fingerprint density at radius 3 is 2.58 bits per heavy atom. The summed E-state index contributed by atoms with van der Waals surface area (Å²) >= 11 is 0. The molecule has 172 valence electrons. The highest BCUT2D eigenvalue weighted by molar-refractivity contribution is 5.93. The first-order valence-corrected chi connectivity index (χ1v) is 11.3.